The first-order valence-corrected chi connectivity index (χ1v) is 10.8. The van der Waals surface area contributed by atoms with Gasteiger partial charge in [-0.3, -0.25) is 9.59 Å². The van der Waals surface area contributed by atoms with Gasteiger partial charge in [0, 0.05) is 5.39 Å². The highest BCUT2D eigenvalue weighted by molar-refractivity contribution is 6.40. The van der Waals surface area contributed by atoms with Crippen LogP contribution in [0.5, 0.6) is 0 Å². The standard InChI is InChI=1S/C30H14O2/c31-25-10-9-21-23-13-19-7-5-16-11-15-3-1-2-4-20(15)22-12-18-8-6-17(14-24(21)30(25)32)27(23)29(18)28(19)26(16)22/h1-14H. The summed E-state index contributed by atoms with van der Waals surface area (Å²) in [4.78, 5) is 24.7. The van der Waals surface area contributed by atoms with Crippen molar-refractivity contribution in [2.75, 3.05) is 0 Å². The molecule has 0 unspecified atom stereocenters. The lowest BCUT2D eigenvalue weighted by atomic mass is 9.84. The first kappa shape index (κ1) is 16.4. The molecule has 0 aromatic heterocycles. The minimum atomic E-state index is -0.450. The van der Waals surface area contributed by atoms with Crippen molar-refractivity contribution >= 4 is 75.4 Å². The maximum Gasteiger partial charge on any atom is 0.233 e. The molecular formula is C30H14O2. The topological polar surface area (TPSA) is 34.1 Å². The van der Waals surface area contributed by atoms with Crippen molar-refractivity contribution in [2.24, 2.45) is 0 Å². The van der Waals surface area contributed by atoms with Crippen LogP contribution in [0, 0.1) is 0 Å². The van der Waals surface area contributed by atoms with E-state index in [9.17, 15) is 9.59 Å². The molecule has 0 aliphatic carbocycles. The van der Waals surface area contributed by atoms with Crippen LogP contribution in [-0.4, -0.2) is 0 Å². The predicted molar refractivity (Wildman–Crippen MR) is 135 cm³/mol. The zero-order valence-electron chi connectivity index (χ0n) is 16.9. The van der Waals surface area contributed by atoms with Gasteiger partial charge >= 0.3 is 0 Å². The molecule has 0 atom stereocenters. The quantitative estimate of drug-likeness (QED) is 0.158. The molecule has 0 bridgehead atoms. The number of rotatable bonds is 0. The summed E-state index contributed by atoms with van der Waals surface area (Å²) in [6.07, 6.45) is 0. The Morgan fingerprint density at radius 3 is 1.66 bits per heavy atom. The Balaban J connectivity index is 1.76. The highest BCUT2D eigenvalue weighted by atomic mass is 16.2. The van der Waals surface area contributed by atoms with Crippen molar-refractivity contribution in [1.29, 1.82) is 0 Å². The molecule has 0 aliphatic rings. The molecule has 8 aromatic rings. The molecule has 2 nitrogen and oxygen atoms in total. The molecule has 0 aliphatic heterocycles. The summed E-state index contributed by atoms with van der Waals surface area (Å²) in [6, 6.07) is 29.1. The van der Waals surface area contributed by atoms with E-state index < -0.39 is 10.9 Å². The lowest BCUT2D eigenvalue weighted by Crippen LogP contribution is -2.22. The SMILES string of the molecule is O=c1ccc2c(cc3ccc4cc5c6ccccc6cc6ccc7cc2c3c4c7c65)c1=O. The number of benzene rings is 8. The van der Waals surface area contributed by atoms with Gasteiger partial charge in [0.1, 0.15) is 0 Å². The van der Waals surface area contributed by atoms with Gasteiger partial charge in [0.25, 0.3) is 0 Å². The summed E-state index contributed by atoms with van der Waals surface area (Å²) in [7, 11) is 0. The summed E-state index contributed by atoms with van der Waals surface area (Å²) < 4.78 is 0. The average molecular weight is 406 g/mol. The Morgan fingerprint density at radius 2 is 0.938 bits per heavy atom. The Morgan fingerprint density at radius 1 is 0.375 bits per heavy atom. The van der Waals surface area contributed by atoms with Crippen LogP contribution < -0.4 is 10.9 Å². The molecule has 0 spiro atoms. The van der Waals surface area contributed by atoms with E-state index in [4.69, 9.17) is 0 Å². The van der Waals surface area contributed by atoms with Crippen molar-refractivity contribution in [2.45, 2.75) is 0 Å². The van der Waals surface area contributed by atoms with Gasteiger partial charge in [-0.1, -0.05) is 48.5 Å². The van der Waals surface area contributed by atoms with E-state index >= 15 is 0 Å². The lowest BCUT2D eigenvalue weighted by molar-refractivity contribution is 1.55. The molecule has 0 amide bonds. The highest BCUT2D eigenvalue weighted by Gasteiger charge is 2.19. The third-order valence-electron chi connectivity index (χ3n) is 7.24. The molecule has 0 radical (unpaired) electrons. The molecule has 0 N–H and O–H groups in total. The van der Waals surface area contributed by atoms with Crippen molar-refractivity contribution in [3.8, 4) is 0 Å². The fraction of sp³-hybridized carbons (Fsp3) is 0. The van der Waals surface area contributed by atoms with Crippen molar-refractivity contribution < 1.29 is 0 Å². The van der Waals surface area contributed by atoms with Crippen LogP contribution in [0.1, 0.15) is 0 Å². The molecule has 8 aromatic carbocycles. The van der Waals surface area contributed by atoms with Gasteiger partial charge in [-0.25, -0.2) is 0 Å². The minimum Gasteiger partial charge on any atom is -0.286 e. The van der Waals surface area contributed by atoms with Crippen LogP contribution in [0.25, 0.3) is 75.4 Å². The summed E-state index contributed by atoms with van der Waals surface area (Å²) in [5, 5.41) is 15.8. The third kappa shape index (κ3) is 1.79. The Hall–Kier alpha value is -4.30. The van der Waals surface area contributed by atoms with Gasteiger partial charge in [-0.2, -0.15) is 0 Å². The first-order chi connectivity index (χ1) is 15.7. The molecule has 0 saturated heterocycles. The molecule has 2 heteroatoms. The van der Waals surface area contributed by atoms with Crippen molar-refractivity contribution in [3.05, 3.63) is 105 Å². The van der Waals surface area contributed by atoms with Gasteiger partial charge in [0.05, 0.1) is 0 Å². The molecule has 0 heterocycles. The van der Waals surface area contributed by atoms with E-state index in [1.165, 1.54) is 54.5 Å². The van der Waals surface area contributed by atoms with Crippen LogP contribution in [0.4, 0.5) is 0 Å². The lowest BCUT2D eigenvalue weighted by Gasteiger charge is -2.19. The van der Waals surface area contributed by atoms with E-state index in [1.54, 1.807) is 6.07 Å². The molecule has 0 saturated carbocycles. The summed E-state index contributed by atoms with van der Waals surface area (Å²) in [5.74, 6) is 0. The van der Waals surface area contributed by atoms with E-state index in [1.807, 2.05) is 6.07 Å². The normalized spacial score (nSPS) is 12.6. The van der Waals surface area contributed by atoms with Crippen LogP contribution in [0.15, 0.2) is 94.5 Å². The summed E-state index contributed by atoms with van der Waals surface area (Å²) in [6.45, 7) is 0. The molecule has 0 fully saturated rings. The second kappa shape index (κ2) is 5.30. The zero-order chi connectivity index (χ0) is 21.1. The first-order valence-electron chi connectivity index (χ1n) is 10.8. The molecular weight excluding hydrogens is 392 g/mol. The monoisotopic (exact) mass is 406 g/mol. The van der Waals surface area contributed by atoms with Crippen molar-refractivity contribution in [1.82, 2.24) is 0 Å². The van der Waals surface area contributed by atoms with Crippen molar-refractivity contribution in [3.63, 3.8) is 0 Å². The van der Waals surface area contributed by atoms with Gasteiger partial charge < -0.3 is 0 Å². The number of fused-ring (bicyclic) bond motifs is 4. The van der Waals surface area contributed by atoms with E-state index in [0.29, 0.717) is 5.39 Å². The fourth-order valence-corrected chi connectivity index (χ4v) is 5.90. The largest absolute Gasteiger partial charge is 0.286 e. The van der Waals surface area contributed by atoms with Crippen LogP contribution in [-0.2, 0) is 0 Å². The maximum atomic E-state index is 12.6. The molecule has 146 valence electrons. The second-order valence-electron chi connectivity index (χ2n) is 8.83. The van der Waals surface area contributed by atoms with Gasteiger partial charge in [-0.15, -0.1) is 0 Å². The fourth-order valence-electron chi connectivity index (χ4n) is 5.90. The number of hydrogen-bond acceptors (Lipinski definition) is 2. The second-order valence-corrected chi connectivity index (χ2v) is 8.83. The molecule has 32 heavy (non-hydrogen) atoms. The average Bonchev–Trinajstić information content (AvgIpc) is 2.83. The van der Waals surface area contributed by atoms with Gasteiger partial charge in [-0.05, 0) is 106 Å². The van der Waals surface area contributed by atoms with Gasteiger partial charge in [0.15, 0.2) is 0 Å². The van der Waals surface area contributed by atoms with Gasteiger partial charge in [0.2, 0.25) is 10.9 Å². The van der Waals surface area contributed by atoms with Crippen LogP contribution in [0.3, 0.4) is 0 Å². The van der Waals surface area contributed by atoms with E-state index in [-0.39, 0.29) is 0 Å². The number of hydrogen-bond donors (Lipinski definition) is 0. The molecule has 8 rings (SSSR count). The minimum absolute atomic E-state index is 0.420. The Bertz CT molecular complexity index is 2170. The predicted octanol–water partition coefficient (Wildman–Crippen LogP) is 6.79. The smallest absolute Gasteiger partial charge is 0.233 e. The Labute approximate surface area is 180 Å². The third-order valence-corrected chi connectivity index (χ3v) is 7.24. The van der Waals surface area contributed by atoms with Crippen LogP contribution >= 0.6 is 0 Å². The Kier molecular flexibility index (Phi) is 2.71. The van der Waals surface area contributed by atoms with E-state index in [2.05, 4.69) is 66.7 Å². The highest BCUT2D eigenvalue weighted by Crippen LogP contribution is 2.46. The van der Waals surface area contributed by atoms with E-state index in [0.717, 1.165) is 21.5 Å². The maximum absolute atomic E-state index is 12.6. The summed E-state index contributed by atoms with van der Waals surface area (Å²) >= 11 is 0. The van der Waals surface area contributed by atoms with Crippen LogP contribution in [0.2, 0.25) is 0 Å². The zero-order valence-corrected chi connectivity index (χ0v) is 16.9. The summed E-state index contributed by atoms with van der Waals surface area (Å²) in [5.41, 5.74) is -0.870.